The van der Waals surface area contributed by atoms with Gasteiger partial charge in [-0.2, -0.15) is 11.8 Å². The van der Waals surface area contributed by atoms with Gasteiger partial charge in [-0.3, -0.25) is 5.32 Å². The van der Waals surface area contributed by atoms with Crippen molar-refractivity contribution in [2.45, 2.75) is 51.4 Å². The van der Waals surface area contributed by atoms with Gasteiger partial charge in [0.15, 0.2) is 0 Å². The van der Waals surface area contributed by atoms with Crippen molar-refractivity contribution in [3.63, 3.8) is 0 Å². The first kappa shape index (κ1) is 11.7. The molecule has 2 nitrogen and oxygen atoms in total. The summed E-state index contributed by atoms with van der Waals surface area (Å²) in [5.41, 5.74) is -0.0668. The van der Waals surface area contributed by atoms with Crippen LogP contribution in [0.3, 0.4) is 0 Å². The van der Waals surface area contributed by atoms with Crippen molar-refractivity contribution < 1.29 is 4.74 Å². The van der Waals surface area contributed by atoms with Gasteiger partial charge in [0, 0.05) is 6.54 Å². The van der Waals surface area contributed by atoms with Gasteiger partial charge in [-0.1, -0.05) is 0 Å². The van der Waals surface area contributed by atoms with Gasteiger partial charge in [0.1, 0.15) is 5.72 Å². The van der Waals surface area contributed by atoms with Crippen LogP contribution in [-0.4, -0.2) is 29.4 Å². The average Bonchev–Trinajstić information content (AvgIpc) is 2.42. The Kier molecular flexibility index (Phi) is 3.34. The maximum absolute atomic E-state index is 6.12. The molecule has 0 aromatic rings. The van der Waals surface area contributed by atoms with Crippen molar-refractivity contribution in [1.82, 2.24) is 5.32 Å². The van der Waals surface area contributed by atoms with Gasteiger partial charge in [-0.25, -0.2) is 0 Å². The maximum Gasteiger partial charge on any atom is 0.117 e. The number of rotatable bonds is 2. The molecule has 2 unspecified atom stereocenters. The molecular weight excluding hydrogens is 206 g/mol. The van der Waals surface area contributed by atoms with E-state index in [0.29, 0.717) is 0 Å². The van der Waals surface area contributed by atoms with E-state index in [2.05, 4.69) is 37.8 Å². The highest BCUT2D eigenvalue weighted by atomic mass is 32.2. The molecule has 0 amide bonds. The van der Waals surface area contributed by atoms with Crippen LogP contribution in [0, 0.1) is 5.92 Å². The molecule has 15 heavy (non-hydrogen) atoms. The third-order valence-electron chi connectivity index (χ3n) is 3.32. The molecule has 2 heterocycles. The molecule has 2 atom stereocenters. The van der Waals surface area contributed by atoms with E-state index in [-0.39, 0.29) is 11.3 Å². The number of hydrogen-bond donors (Lipinski definition) is 1. The lowest BCUT2D eigenvalue weighted by Crippen LogP contribution is -2.40. The SMILES string of the molecule is CC1(C)CNC(C)(CC2CCCSC2)O1. The van der Waals surface area contributed by atoms with Crippen molar-refractivity contribution in [1.29, 1.82) is 0 Å². The zero-order chi connectivity index (χ0) is 10.9. The minimum Gasteiger partial charge on any atom is -0.354 e. The summed E-state index contributed by atoms with van der Waals surface area (Å²) < 4.78 is 6.12. The van der Waals surface area contributed by atoms with Crippen molar-refractivity contribution >= 4 is 11.8 Å². The molecule has 2 aliphatic rings. The number of thioether (sulfide) groups is 1. The Labute approximate surface area is 97.5 Å². The van der Waals surface area contributed by atoms with Crippen LogP contribution in [0.15, 0.2) is 0 Å². The first-order valence-corrected chi connectivity index (χ1v) is 7.18. The van der Waals surface area contributed by atoms with E-state index in [1.54, 1.807) is 0 Å². The predicted octanol–water partition coefficient (Wildman–Crippen LogP) is 2.63. The highest BCUT2D eigenvalue weighted by molar-refractivity contribution is 7.99. The lowest BCUT2D eigenvalue weighted by atomic mass is 9.95. The first-order chi connectivity index (χ1) is 6.99. The summed E-state index contributed by atoms with van der Waals surface area (Å²) in [4.78, 5) is 0. The molecule has 3 heteroatoms. The lowest BCUT2D eigenvalue weighted by Gasteiger charge is -2.32. The third kappa shape index (κ3) is 3.11. The Morgan fingerprint density at radius 2 is 2.20 bits per heavy atom. The van der Waals surface area contributed by atoms with Crippen LogP contribution in [0.25, 0.3) is 0 Å². The van der Waals surface area contributed by atoms with Crippen LogP contribution in [0.4, 0.5) is 0 Å². The van der Waals surface area contributed by atoms with Gasteiger partial charge in [0.05, 0.1) is 5.60 Å². The standard InChI is InChI=1S/C12H23NOS/c1-11(2)9-13-12(3,14-11)7-10-5-4-6-15-8-10/h10,13H,4-9H2,1-3H3. The number of hydrogen-bond acceptors (Lipinski definition) is 3. The fraction of sp³-hybridized carbons (Fsp3) is 1.00. The third-order valence-corrected chi connectivity index (χ3v) is 4.61. The van der Waals surface area contributed by atoms with Gasteiger partial charge in [0.2, 0.25) is 0 Å². The zero-order valence-electron chi connectivity index (χ0n) is 10.1. The Morgan fingerprint density at radius 1 is 1.40 bits per heavy atom. The highest BCUT2D eigenvalue weighted by Crippen LogP contribution is 2.34. The van der Waals surface area contributed by atoms with Crippen LogP contribution >= 0.6 is 11.8 Å². The van der Waals surface area contributed by atoms with Crippen LogP contribution in [-0.2, 0) is 4.74 Å². The summed E-state index contributed by atoms with van der Waals surface area (Å²) in [6, 6.07) is 0. The number of nitrogens with one attached hydrogen (secondary N) is 1. The highest BCUT2D eigenvalue weighted by Gasteiger charge is 2.41. The van der Waals surface area contributed by atoms with Gasteiger partial charge in [0.25, 0.3) is 0 Å². The molecule has 0 aromatic heterocycles. The minimum absolute atomic E-state index is 0.0105. The molecule has 0 aromatic carbocycles. The van der Waals surface area contributed by atoms with E-state index >= 15 is 0 Å². The monoisotopic (exact) mass is 229 g/mol. The summed E-state index contributed by atoms with van der Waals surface area (Å²) in [6.07, 6.45) is 3.94. The molecule has 0 aliphatic carbocycles. The fourth-order valence-corrected chi connectivity index (χ4v) is 3.87. The molecule has 1 N–H and O–H groups in total. The van der Waals surface area contributed by atoms with E-state index in [1.165, 1.54) is 30.8 Å². The van der Waals surface area contributed by atoms with Crippen molar-refractivity contribution in [3.8, 4) is 0 Å². The second-order valence-electron chi connectivity index (χ2n) is 5.73. The molecule has 2 aliphatic heterocycles. The molecule has 2 saturated heterocycles. The second-order valence-corrected chi connectivity index (χ2v) is 6.88. The van der Waals surface area contributed by atoms with Crippen LogP contribution in [0.1, 0.15) is 40.0 Å². The quantitative estimate of drug-likeness (QED) is 0.786. The largest absolute Gasteiger partial charge is 0.354 e. The molecule has 2 fully saturated rings. The molecule has 0 radical (unpaired) electrons. The Balaban J connectivity index is 1.88. The zero-order valence-corrected chi connectivity index (χ0v) is 11.0. The Hall–Kier alpha value is 0.270. The van der Waals surface area contributed by atoms with Crippen molar-refractivity contribution in [2.75, 3.05) is 18.1 Å². The van der Waals surface area contributed by atoms with E-state index in [0.717, 1.165) is 12.5 Å². The molecule has 0 bridgehead atoms. The summed E-state index contributed by atoms with van der Waals surface area (Å²) >= 11 is 2.10. The molecular formula is C12H23NOS. The van der Waals surface area contributed by atoms with Gasteiger partial charge >= 0.3 is 0 Å². The van der Waals surface area contributed by atoms with Crippen molar-refractivity contribution in [2.24, 2.45) is 5.92 Å². The molecule has 88 valence electrons. The summed E-state index contributed by atoms with van der Waals surface area (Å²) in [7, 11) is 0. The van der Waals surface area contributed by atoms with Gasteiger partial charge in [-0.05, 0) is 57.5 Å². The van der Waals surface area contributed by atoms with E-state index in [4.69, 9.17) is 4.74 Å². The Bertz CT molecular complexity index is 226. The second kappa shape index (κ2) is 4.27. The predicted molar refractivity (Wildman–Crippen MR) is 66.2 cm³/mol. The van der Waals surface area contributed by atoms with Crippen LogP contribution < -0.4 is 5.32 Å². The van der Waals surface area contributed by atoms with E-state index in [1.807, 2.05) is 0 Å². The lowest BCUT2D eigenvalue weighted by molar-refractivity contribution is -0.0901. The van der Waals surface area contributed by atoms with Crippen molar-refractivity contribution in [3.05, 3.63) is 0 Å². The van der Waals surface area contributed by atoms with Gasteiger partial charge < -0.3 is 4.74 Å². The Morgan fingerprint density at radius 3 is 2.73 bits per heavy atom. The summed E-state index contributed by atoms with van der Waals surface area (Å²) in [5.74, 6) is 3.52. The maximum atomic E-state index is 6.12. The average molecular weight is 229 g/mol. The molecule has 2 rings (SSSR count). The summed E-state index contributed by atoms with van der Waals surface area (Å²) in [5, 5.41) is 3.54. The summed E-state index contributed by atoms with van der Waals surface area (Å²) in [6.45, 7) is 7.52. The van der Waals surface area contributed by atoms with Crippen LogP contribution in [0.5, 0.6) is 0 Å². The fourth-order valence-electron chi connectivity index (χ4n) is 2.71. The van der Waals surface area contributed by atoms with E-state index in [9.17, 15) is 0 Å². The normalized spacial score (nSPS) is 40.6. The van der Waals surface area contributed by atoms with E-state index < -0.39 is 0 Å². The molecule has 0 spiro atoms. The van der Waals surface area contributed by atoms with Crippen LogP contribution in [0.2, 0.25) is 0 Å². The smallest absolute Gasteiger partial charge is 0.117 e. The minimum atomic E-state index is -0.0773. The van der Waals surface area contributed by atoms with Gasteiger partial charge in [-0.15, -0.1) is 0 Å². The number of ether oxygens (including phenoxy) is 1. The first-order valence-electron chi connectivity index (χ1n) is 6.02. The molecule has 0 saturated carbocycles. The topological polar surface area (TPSA) is 21.3 Å².